The summed E-state index contributed by atoms with van der Waals surface area (Å²) >= 11 is 0. The number of benzene rings is 2. The van der Waals surface area contributed by atoms with Gasteiger partial charge in [0.1, 0.15) is 5.75 Å². The van der Waals surface area contributed by atoms with Gasteiger partial charge in [-0.05, 0) is 30.5 Å². The molecule has 0 spiro atoms. The molecule has 1 saturated carbocycles. The Kier molecular flexibility index (Phi) is 2.57. The molecule has 0 unspecified atom stereocenters. The van der Waals surface area contributed by atoms with Gasteiger partial charge >= 0.3 is 0 Å². The van der Waals surface area contributed by atoms with Crippen molar-refractivity contribution in [1.82, 2.24) is 0 Å². The van der Waals surface area contributed by atoms with Crippen LogP contribution in [0.1, 0.15) is 17.5 Å². The number of hydrogen-bond donors (Lipinski definition) is 0. The van der Waals surface area contributed by atoms with Crippen LogP contribution in [0.3, 0.4) is 0 Å². The summed E-state index contributed by atoms with van der Waals surface area (Å²) in [6, 6.07) is 15.4. The van der Waals surface area contributed by atoms with Crippen molar-refractivity contribution in [1.29, 1.82) is 0 Å². The van der Waals surface area contributed by atoms with E-state index in [4.69, 9.17) is 4.74 Å². The van der Waals surface area contributed by atoms with Gasteiger partial charge in [0.05, 0.1) is 23.6 Å². The van der Waals surface area contributed by atoms with Crippen LogP contribution < -0.4 is 9.64 Å². The molecule has 0 radical (unpaired) electrons. The van der Waals surface area contributed by atoms with Crippen LogP contribution >= 0.6 is 0 Å². The fourth-order valence-corrected chi connectivity index (χ4v) is 4.75. The van der Waals surface area contributed by atoms with Gasteiger partial charge in [0, 0.05) is 5.92 Å². The zero-order chi connectivity index (χ0) is 16.5. The molecule has 24 heavy (non-hydrogen) atoms. The molecule has 2 heterocycles. The van der Waals surface area contributed by atoms with Gasteiger partial charge in [-0.15, -0.1) is 0 Å². The Hall–Kier alpha value is -2.62. The Morgan fingerprint density at radius 3 is 2.67 bits per heavy atom. The molecule has 2 amide bonds. The van der Waals surface area contributed by atoms with Gasteiger partial charge < -0.3 is 4.74 Å². The van der Waals surface area contributed by atoms with Crippen molar-refractivity contribution >= 4 is 17.5 Å². The minimum Gasteiger partial charge on any atom is -0.491 e. The van der Waals surface area contributed by atoms with Crippen molar-refractivity contribution in [3.05, 3.63) is 59.7 Å². The molecule has 3 aliphatic rings. The Labute approximate surface area is 140 Å². The van der Waals surface area contributed by atoms with Gasteiger partial charge in [0.15, 0.2) is 0 Å². The largest absolute Gasteiger partial charge is 0.491 e. The van der Waals surface area contributed by atoms with Gasteiger partial charge in [0.2, 0.25) is 11.8 Å². The van der Waals surface area contributed by atoms with Crippen LogP contribution in [0.5, 0.6) is 5.75 Å². The first-order valence-electron chi connectivity index (χ1n) is 8.32. The summed E-state index contributed by atoms with van der Waals surface area (Å²) in [6.45, 7) is 2.38. The highest BCUT2D eigenvalue weighted by Crippen LogP contribution is 2.61. The second kappa shape index (κ2) is 4.47. The monoisotopic (exact) mass is 319 g/mol. The van der Waals surface area contributed by atoms with Gasteiger partial charge in [-0.1, -0.05) is 42.5 Å². The van der Waals surface area contributed by atoms with E-state index < -0.39 is 5.41 Å². The summed E-state index contributed by atoms with van der Waals surface area (Å²) in [6.07, 6.45) is 0.711. The van der Waals surface area contributed by atoms with E-state index in [2.05, 4.69) is 0 Å². The molecule has 1 aliphatic carbocycles. The zero-order valence-electron chi connectivity index (χ0n) is 13.4. The lowest BCUT2D eigenvalue weighted by Gasteiger charge is -2.49. The number of nitrogens with zero attached hydrogens (tertiary/aromatic N) is 1. The lowest BCUT2D eigenvalue weighted by Crippen LogP contribution is -2.58. The number of imide groups is 1. The fraction of sp³-hybridized carbons (Fsp3) is 0.300. The van der Waals surface area contributed by atoms with Crippen LogP contribution in [0, 0.1) is 18.8 Å². The third-order valence-corrected chi connectivity index (χ3v) is 5.91. The predicted molar refractivity (Wildman–Crippen MR) is 88.9 cm³/mol. The topological polar surface area (TPSA) is 46.6 Å². The van der Waals surface area contributed by atoms with Crippen molar-refractivity contribution in [2.75, 3.05) is 11.5 Å². The SMILES string of the molecule is Cc1cccc2c1N1C(=O)[C@H]3C[C@@H](CO2)[C@@]3(c2ccccc2)C1=O. The van der Waals surface area contributed by atoms with Crippen molar-refractivity contribution in [3.63, 3.8) is 0 Å². The van der Waals surface area contributed by atoms with Gasteiger partial charge in [-0.2, -0.15) is 0 Å². The van der Waals surface area contributed by atoms with E-state index in [1.807, 2.05) is 55.5 Å². The number of carbonyl (C=O) groups excluding carboxylic acids is 2. The van der Waals surface area contributed by atoms with Crippen molar-refractivity contribution in [3.8, 4) is 5.75 Å². The standard InChI is InChI=1S/C20H17NO3/c1-12-6-5-9-16-17(12)21-18(22)15-10-14(11-24-16)20(15,19(21)23)13-7-3-2-4-8-13/h2-9,14-15H,10-11H2,1H3/t14-,15+,20+/m0/s1. The molecule has 1 saturated heterocycles. The molecule has 2 aromatic rings. The van der Waals surface area contributed by atoms with Crippen molar-refractivity contribution in [2.24, 2.45) is 11.8 Å². The Bertz CT molecular complexity index is 876. The van der Waals surface area contributed by atoms with Crippen LogP contribution in [0.15, 0.2) is 48.5 Å². The highest BCUT2D eigenvalue weighted by atomic mass is 16.5. The maximum atomic E-state index is 13.5. The van der Waals surface area contributed by atoms with Gasteiger partial charge in [-0.25, -0.2) is 4.90 Å². The second-order valence-corrected chi connectivity index (χ2v) is 6.93. The van der Waals surface area contributed by atoms with E-state index in [0.29, 0.717) is 24.5 Å². The first kappa shape index (κ1) is 13.8. The molecule has 2 aromatic carbocycles. The molecule has 0 aromatic heterocycles. The number of aryl methyl sites for hydroxylation is 1. The maximum absolute atomic E-state index is 13.5. The molecule has 4 nitrogen and oxygen atoms in total. The summed E-state index contributed by atoms with van der Waals surface area (Å²) in [5.41, 5.74) is 1.69. The minimum absolute atomic E-state index is 0.0417. The van der Waals surface area contributed by atoms with Crippen LogP contribution in [0.4, 0.5) is 5.69 Å². The number of fused-ring (bicyclic) bond motifs is 3. The van der Waals surface area contributed by atoms with Gasteiger partial charge in [-0.3, -0.25) is 9.59 Å². The number of hydrogen-bond acceptors (Lipinski definition) is 3. The predicted octanol–water partition coefficient (Wildman–Crippen LogP) is 2.83. The fourth-order valence-electron chi connectivity index (χ4n) is 4.75. The van der Waals surface area contributed by atoms with Gasteiger partial charge in [0.25, 0.3) is 0 Å². The third kappa shape index (κ3) is 1.40. The summed E-state index contributed by atoms with van der Waals surface area (Å²) < 4.78 is 6.04. The number of anilines is 1. The number of para-hydroxylation sites is 1. The Morgan fingerprint density at radius 2 is 1.88 bits per heavy atom. The highest BCUT2D eigenvalue weighted by molar-refractivity contribution is 6.28. The molecule has 120 valence electrons. The molecular formula is C20H17NO3. The summed E-state index contributed by atoms with van der Waals surface area (Å²) in [4.78, 5) is 28.0. The van der Waals surface area contributed by atoms with E-state index in [1.54, 1.807) is 0 Å². The lowest BCUT2D eigenvalue weighted by atomic mass is 9.51. The van der Waals surface area contributed by atoms with Crippen molar-refractivity contribution in [2.45, 2.75) is 18.8 Å². The number of carbonyl (C=O) groups is 2. The van der Waals surface area contributed by atoms with E-state index in [0.717, 1.165) is 11.1 Å². The zero-order valence-corrected chi connectivity index (χ0v) is 13.4. The smallest absolute Gasteiger partial charge is 0.245 e. The molecule has 2 bridgehead atoms. The highest BCUT2D eigenvalue weighted by Gasteiger charge is 2.71. The molecule has 2 fully saturated rings. The number of rotatable bonds is 1. The second-order valence-electron chi connectivity index (χ2n) is 6.93. The average molecular weight is 319 g/mol. The molecule has 4 heteroatoms. The Balaban J connectivity index is 1.77. The summed E-state index contributed by atoms with van der Waals surface area (Å²) in [7, 11) is 0. The van der Waals surface area contributed by atoms with Crippen LogP contribution in [-0.4, -0.2) is 18.4 Å². The van der Waals surface area contributed by atoms with E-state index >= 15 is 0 Å². The van der Waals surface area contributed by atoms with Crippen LogP contribution in [0.2, 0.25) is 0 Å². The first-order valence-corrected chi connectivity index (χ1v) is 8.32. The van der Waals surface area contributed by atoms with E-state index in [1.165, 1.54) is 4.90 Å². The molecule has 5 rings (SSSR count). The van der Waals surface area contributed by atoms with E-state index in [-0.39, 0.29) is 23.7 Å². The number of ether oxygens (including phenoxy) is 1. The van der Waals surface area contributed by atoms with Crippen molar-refractivity contribution < 1.29 is 14.3 Å². The molecule has 2 aliphatic heterocycles. The maximum Gasteiger partial charge on any atom is 0.245 e. The third-order valence-electron chi connectivity index (χ3n) is 5.91. The Morgan fingerprint density at radius 1 is 1.08 bits per heavy atom. The molecule has 3 atom stereocenters. The molecule has 0 N–H and O–H groups in total. The first-order chi connectivity index (χ1) is 11.7. The quantitative estimate of drug-likeness (QED) is 0.759. The normalized spacial score (nSPS) is 30.1. The van der Waals surface area contributed by atoms with E-state index in [9.17, 15) is 9.59 Å². The van der Waals surface area contributed by atoms with Crippen LogP contribution in [0.25, 0.3) is 0 Å². The molecular weight excluding hydrogens is 302 g/mol. The number of amides is 2. The summed E-state index contributed by atoms with van der Waals surface area (Å²) in [5, 5.41) is 0. The van der Waals surface area contributed by atoms with Crippen LogP contribution in [-0.2, 0) is 15.0 Å². The lowest BCUT2D eigenvalue weighted by molar-refractivity contribution is -0.134. The average Bonchev–Trinajstić information content (AvgIpc) is 2.78. The summed E-state index contributed by atoms with van der Waals surface area (Å²) in [5.74, 6) is 0.234. The minimum atomic E-state index is -0.752.